The Kier molecular flexibility index (Phi) is 6.94. The van der Waals surface area contributed by atoms with Crippen molar-refractivity contribution in [3.8, 4) is 0 Å². The van der Waals surface area contributed by atoms with Crippen molar-refractivity contribution < 1.29 is 9.53 Å². The first kappa shape index (κ1) is 14.7. The number of carbonyl (C=O) groups is 1. The molecule has 0 fully saturated rings. The van der Waals surface area contributed by atoms with Gasteiger partial charge in [-0.25, -0.2) is 0 Å². The molecule has 0 aromatic heterocycles. The summed E-state index contributed by atoms with van der Waals surface area (Å²) < 4.78 is 5.24. The van der Waals surface area contributed by atoms with E-state index in [1.54, 1.807) is 4.90 Å². The second-order valence-electron chi connectivity index (χ2n) is 4.10. The zero-order valence-corrected chi connectivity index (χ0v) is 10.9. The summed E-state index contributed by atoms with van der Waals surface area (Å²) in [4.78, 5) is 13.8. The molecular formula is C11H22ClNO2. The summed E-state index contributed by atoms with van der Waals surface area (Å²) in [5.74, 6) is 0.441. The van der Waals surface area contributed by atoms with Gasteiger partial charge in [-0.05, 0) is 27.7 Å². The summed E-state index contributed by atoms with van der Waals surface area (Å²) in [7, 11) is 0. The summed E-state index contributed by atoms with van der Waals surface area (Å²) in [5, 5.41) is 0. The lowest BCUT2D eigenvalue weighted by Crippen LogP contribution is -2.43. The van der Waals surface area contributed by atoms with Gasteiger partial charge < -0.3 is 9.64 Å². The average molecular weight is 236 g/mol. The molecule has 0 aromatic rings. The standard InChI is InChI=1S/C11H22ClNO2/c1-5-13(7-8-15-6-2)10(14)11(3,4)9-12/h5-9H2,1-4H3. The van der Waals surface area contributed by atoms with Gasteiger partial charge in [0.1, 0.15) is 0 Å². The van der Waals surface area contributed by atoms with Crippen molar-refractivity contribution in [2.75, 3.05) is 32.2 Å². The lowest BCUT2D eigenvalue weighted by Gasteiger charge is -2.29. The van der Waals surface area contributed by atoms with E-state index in [1.165, 1.54) is 0 Å². The highest BCUT2D eigenvalue weighted by molar-refractivity contribution is 6.19. The van der Waals surface area contributed by atoms with E-state index in [-0.39, 0.29) is 5.91 Å². The molecule has 4 heteroatoms. The maximum absolute atomic E-state index is 12.0. The maximum atomic E-state index is 12.0. The van der Waals surface area contributed by atoms with Crippen LogP contribution < -0.4 is 0 Å². The predicted octanol–water partition coefficient (Wildman–Crippen LogP) is 2.14. The van der Waals surface area contributed by atoms with Gasteiger partial charge in [-0.3, -0.25) is 4.79 Å². The van der Waals surface area contributed by atoms with Crippen LogP contribution >= 0.6 is 11.6 Å². The largest absolute Gasteiger partial charge is 0.380 e. The van der Waals surface area contributed by atoms with Gasteiger partial charge in [-0.15, -0.1) is 11.6 Å². The highest BCUT2D eigenvalue weighted by Crippen LogP contribution is 2.20. The van der Waals surface area contributed by atoms with Crippen molar-refractivity contribution in [2.45, 2.75) is 27.7 Å². The van der Waals surface area contributed by atoms with Crippen molar-refractivity contribution in [1.82, 2.24) is 4.90 Å². The molecule has 0 aliphatic heterocycles. The molecule has 3 nitrogen and oxygen atoms in total. The zero-order valence-electron chi connectivity index (χ0n) is 10.2. The van der Waals surface area contributed by atoms with Crippen molar-refractivity contribution in [3.05, 3.63) is 0 Å². The average Bonchev–Trinajstić information content (AvgIpc) is 2.23. The van der Waals surface area contributed by atoms with Crippen LogP contribution in [-0.2, 0) is 9.53 Å². The summed E-state index contributed by atoms with van der Waals surface area (Å²) in [6, 6.07) is 0. The molecule has 0 aliphatic carbocycles. The van der Waals surface area contributed by atoms with E-state index < -0.39 is 5.41 Å². The monoisotopic (exact) mass is 235 g/mol. The zero-order chi connectivity index (χ0) is 11.9. The fourth-order valence-electron chi connectivity index (χ4n) is 1.21. The lowest BCUT2D eigenvalue weighted by molar-refractivity contribution is -0.139. The molecule has 0 bridgehead atoms. The topological polar surface area (TPSA) is 29.5 Å². The Bertz CT molecular complexity index is 195. The van der Waals surface area contributed by atoms with E-state index in [0.29, 0.717) is 32.2 Å². The van der Waals surface area contributed by atoms with E-state index in [0.717, 1.165) is 0 Å². The molecule has 0 aromatic carbocycles. The smallest absolute Gasteiger partial charge is 0.229 e. The number of alkyl halides is 1. The van der Waals surface area contributed by atoms with E-state index in [2.05, 4.69) is 0 Å². The quantitative estimate of drug-likeness (QED) is 0.500. The number of halogens is 1. The van der Waals surface area contributed by atoms with Crippen LogP contribution in [0, 0.1) is 5.41 Å². The van der Waals surface area contributed by atoms with Crippen LogP contribution in [0.15, 0.2) is 0 Å². The minimum absolute atomic E-state index is 0.0969. The number of ether oxygens (including phenoxy) is 1. The molecule has 0 N–H and O–H groups in total. The number of likely N-dealkylation sites (N-methyl/N-ethyl adjacent to an activating group) is 1. The number of hydrogen-bond acceptors (Lipinski definition) is 2. The molecule has 0 aliphatic rings. The minimum atomic E-state index is -0.482. The molecule has 0 radical (unpaired) electrons. The second kappa shape index (κ2) is 7.07. The van der Waals surface area contributed by atoms with E-state index in [9.17, 15) is 4.79 Å². The van der Waals surface area contributed by atoms with Gasteiger partial charge in [-0.1, -0.05) is 0 Å². The highest BCUT2D eigenvalue weighted by Gasteiger charge is 2.30. The van der Waals surface area contributed by atoms with Crippen LogP contribution in [0.25, 0.3) is 0 Å². The van der Waals surface area contributed by atoms with Gasteiger partial charge in [0.15, 0.2) is 0 Å². The maximum Gasteiger partial charge on any atom is 0.229 e. The van der Waals surface area contributed by atoms with Crippen LogP contribution in [0.3, 0.4) is 0 Å². The molecule has 1 amide bonds. The molecule has 0 saturated heterocycles. The van der Waals surface area contributed by atoms with Crippen molar-refractivity contribution >= 4 is 17.5 Å². The molecule has 0 heterocycles. The van der Waals surface area contributed by atoms with Crippen molar-refractivity contribution in [2.24, 2.45) is 5.41 Å². The number of rotatable bonds is 7. The van der Waals surface area contributed by atoms with E-state index in [1.807, 2.05) is 27.7 Å². The minimum Gasteiger partial charge on any atom is -0.380 e. The second-order valence-corrected chi connectivity index (χ2v) is 4.37. The molecular weight excluding hydrogens is 214 g/mol. The Labute approximate surface area is 97.7 Å². The molecule has 0 atom stereocenters. The van der Waals surface area contributed by atoms with Gasteiger partial charge in [0.25, 0.3) is 0 Å². The van der Waals surface area contributed by atoms with Crippen molar-refractivity contribution in [3.63, 3.8) is 0 Å². The third-order valence-corrected chi connectivity index (χ3v) is 2.96. The molecule has 0 unspecified atom stereocenters. The fraction of sp³-hybridized carbons (Fsp3) is 0.909. The molecule has 0 saturated carbocycles. The summed E-state index contributed by atoms with van der Waals surface area (Å²) >= 11 is 5.77. The number of hydrogen-bond donors (Lipinski definition) is 0. The first-order chi connectivity index (χ1) is 6.99. The predicted molar refractivity (Wildman–Crippen MR) is 63.2 cm³/mol. The van der Waals surface area contributed by atoms with Crippen LogP contribution in [0.2, 0.25) is 0 Å². The molecule has 0 rings (SSSR count). The van der Waals surface area contributed by atoms with E-state index >= 15 is 0 Å². The Morgan fingerprint density at radius 3 is 2.40 bits per heavy atom. The highest BCUT2D eigenvalue weighted by atomic mass is 35.5. The molecule has 15 heavy (non-hydrogen) atoms. The van der Waals surface area contributed by atoms with Gasteiger partial charge >= 0.3 is 0 Å². The van der Waals surface area contributed by atoms with Crippen LogP contribution in [0.4, 0.5) is 0 Å². The Morgan fingerprint density at radius 1 is 1.40 bits per heavy atom. The van der Waals surface area contributed by atoms with Crippen LogP contribution in [-0.4, -0.2) is 43.0 Å². The fourth-order valence-corrected chi connectivity index (χ4v) is 1.32. The van der Waals surface area contributed by atoms with Gasteiger partial charge in [0.2, 0.25) is 5.91 Å². The number of carbonyl (C=O) groups excluding carboxylic acids is 1. The Morgan fingerprint density at radius 2 is 2.00 bits per heavy atom. The third kappa shape index (κ3) is 4.85. The summed E-state index contributed by atoms with van der Waals surface area (Å²) in [5.41, 5.74) is -0.482. The van der Waals surface area contributed by atoms with Crippen molar-refractivity contribution in [1.29, 1.82) is 0 Å². The summed E-state index contributed by atoms with van der Waals surface area (Å²) in [6.45, 7) is 10.3. The van der Waals surface area contributed by atoms with Gasteiger partial charge in [0, 0.05) is 25.6 Å². The van der Waals surface area contributed by atoms with Crippen LogP contribution in [0.5, 0.6) is 0 Å². The van der Waals surface area contributed by atoms with Crippen LogP contribution in [0.1, 0.15) is 27.7 Å². The normalized spacial score (nSPS) is 11.5. The summed E-state index contributed by atoms with van der Waals surface area (Å²) in [6.07, 6.45) is 0. The SMILES string of the molecule is CCOCCN(CC)C(=O)C(C)(C)CCl. The first-order valence-corrected chi connectivity index (χ1v) is 5.96. The third-order valence-electron chi connectivity index (χ3n) is 2.29. The first-order valence-electron chi connectivity index (χ1n) is 5.42. The number of nitrogens with zero attached hydrogens (tertiary/aromatic N) is 1. The van der Waals surface area contributed by atoms with E-state index in [4.69, 9.17) is 16.3 Å². The van der Waals surface area contributed by atoms with Gasteiger partial charge in [0.05, 0.1) is 12.0 Å². The molecule has 0 spiro atoms. The number of amides is 1. The molecule has 90 valence electrons. The Hall–Kier alpha value is -0.280. The Balaban J connectivity index is 4.22. The lowest BCUT2D eigenvalue weighted by atomic mass is 9.94. The van der Waals surface area contributed by atoms with Gasteiger partial charge in [-0.2, -0.15) is 0 Å².